The predicted molar refractivity (Wildman–Crippen MR) is 127 cm³/mol. The zero-order valence-electron chi connectivity index (χ0n) is 19.0. The van der Waals surface area contributed by atoms with Crippen LogP contribution >= 0.6 is 0 Å². The summed E-state index contributed by atoms with van der Waals surface area (Å²) in [6.07, 6.45) is 4.64. The van der Waals surface area contributed by atoms with Gasteiger partial charge in [0.25, 0.3) is 0 Å². The second-order valence-corrected chi connectivity index (χ2v) is 8.97. The summed E-state index contributed by atoms with van der Waals surface area (Å²) in [4.78, 5) is 9.76. The SMILES string of the molecule is Cc1c(C#N)cccc1[C@@H](C)Nc1nnc(C)c2cnc(N3CCN(C4CC4)CC3)cc12. The van der Waals surface area contributed by atoms with Crippen LogP contribution in [-0.4, -0.2) is 52.3 Å². The fraction of sp³-hybridized carbons (Fsp3) is 0.440. The molecule has 1 aliphatic heterocycles. The molecular weight excluding hydrogens is 398 g/mol. The second kappa shape index (κ2) is 8.36. The minimum absolute atomic E-state index is 0.0118. The highest BCUT2D eigenvalue weighted by molar-refractivity contribution is 5.94. The zero-order chi connectivity index (χ0) is 22.2. The first-order valence-corrected chi connectivity index (χ1v) is 11.4. The van der Waals surface area contributed by atoms with Crippen molar-refractivity contribution in [1.82, 2.24) is 20.1 Å². The number of pyridine rings is 1. The maximum absolute atomic E-state index is 9.38. The van der Waals surface area contributed by atoms with Crippen LogP contribution in [0, 0.1) is 25.2 Å². The fourth-order valence-electron chi connectivity index (χ4n) is 4.72. The van der Waals surface area contributed by atoms with Gasteiger partial charge in [0.15, 0.2) is 5.82 Å². The van der Waals surface area contributed by atoms with Crippen molar-refractivity contribution in [3.05, 3.63) is 52.8 Å². The van der Waals surface area contributed by atoms with Crippen LogP contribution in [0.15, 0.2) is 30.5 Å². The maximum Gasteiger partial charge on any atom is 0.157 e. The number of benzene rings is 1. The number of nitrogens with zero attached hydrogens (tertiary/aromatic N) is 6. The number of hydrogen-bond donors (Lipinski definition) is 1. The number of piperazine rings is 1. The van der Waals surface area contributed by atoms with Crippen LogP contribution in [0.25, 0.3) is 10.8 Å². The van der Waals surface area contributed by atoms with Gasteiger partial charge in [0, 0.05) is 49.2 Å². The molecule has 164 valence electrons. The molecule has 1 N–H and O–H groups in total. The van der Waals surface area contributed by atoms with E-state index in [0.29, 0.717) is 5.56 Å². The monoisotopic (exact) mass is 427 g/mol. The molecule has 3 heterocycles. The largest absolute Gasteiger partial charge is 0.362 e. The summed E-state index contributed by atoms with van der Waals surface area (Å²) < 4.78 is 0. The summed E-state index contributed by atoms with van der Waals surface area (Å²) in [5.74, 6) is 1.75. The lowest BCUT2D eigenvalue weighted by Crippen LogP contribution is -2.47. The third-order valence-electron chi connectivity index (χ3n) is 6.85. The first-order valence-electron chi connectivity index (χ1n) is 11.4. The number of nitriles is 1. The summed E-state index contributed by atoms with van der Waals surface area (Å²) in [5, 5.41) is 23.8. The Morgan fingerprint density at radius 1 is 1.09 bits per heavy atom. The van der Waals surface area contributed by atoms with Crippen LogP contribution in [0.1, 0.15) is 48.2 Å². The third-order valence-corrected chi connectivity index (χ3v) is 6.85. The molecule has 1 saturated carbocycles. The van der Waals surface area contributed by atoms with E-state index in [1.165, 1.54) is 12.8 Å². The Morgan fingerprint density at radius 3 is 2.59 bits per heavy atom. The Morgan fingerprint density at radius 2 is 1.88 bits per heavy atom. The Labute approximate surface area is 189 Å². The van der Waals surface area contributed by atoms with E-state index in [1.807, 2.05) is 32.2 Å². The summed E-state index contributed by atoms with van der Waals surface area (Å²) in [6, 6.07) is 11.1. The van der Waals surface area contributed by atoms with Crippen molar-refractivity contribution in [2.45, 2.75) is 45.7 Å². The van der Waals surface area contributed by atoms with Crippen LogP contribution < -0.4 is 10.2 Å². The Hall–Kier alpha value is -3.24. The lowest BCUT2D eigenvalue weighted by atomic mass is 9.98. The average molecular weight is 428 g/mol. The fourth-order valence-corrected chi connectivity index (χ4v) is 4.72. The van der Waals surface area contributed by atoms with E-state index in [1.54, 1.807) is 0 Å². The Kier molecular flexibility index (Phi) is 5.40. The lowest BCUT2D eigenvalue weighted by Gasteiger charge is -2.35. The highest BCUT2D eigenvalue weighted by atomic mass is 15.3. The van der Waals surface area contributed by atoms with Gasteiger partial charge in [-0.25, -0.2) is 4.98 Å². The number of aryl methyl sites for hydroxylation is 1. The van der Waals surface area contributed by atoms with E-state index in [9.17, 15) is 5.26 Å². The smallest absolute Gasteiger partial charge is 0.157 e. The second-order valence-electron chi connectivity index (χ2n) is 8.97. The van der Waals surface area contributed by atoms with E-state index < -0.39 is 0 Å². The number of hydrogen-bond acceptors (Lipinski definition) is 7. The molecule has 32 heavy (non-hydrogen) atoms. The van der Waals surface area contributed by atoms with Gasteiger partial charge in [-0.3, -0.25) is 4.90 Å². The van der Waals surface area contributed by atoms with Crippen molar-refractivity contribution in [1.29, 1.82) is 5.26 Å². The van der Waals surface area contributed by atoms with Crippen LogP contribution in [0.2, 0.25) is 0 Å². The molecule has 5 rings (SSSR count). The number of anilines is 2. The molecule has 2 fully saturated rings. The number of aromatic nitrogens is 3. The quantitative estimate of drug-likeness (QED) is 0.660. The molecule has 0 amide bonds. The van der Waals surface area contributed by atoms with Crippen molar-refractivity contribution in [2.75, 3.05) is 36.4 Å². The van der Waals surface area contributed by atoms with Crippen LogP contribution in [-0.2, 0) is 0 Å². The summed E-state index contributed by atoms with van der Waals surface area (Å²) in [6.45, 7) is 10.3. The van der Waals surface area contributed by atoms with Gasteiger partial charge in [-0.05, 0) is 56.9 Å². The van der Waals surface area contributed by atoms with Crippen molar-refractivity contribution in [3.63, 3.8) is 0 Å². The van der Waals surface area contributed by atoms with Crippen molar-refractivity contribution >= 4 is 22.4 Å². The molecular formula is C25H29N7. The molecule has 2 aromatic heterocycles. The molecule has 3 aromatic rings. The molecule has 0 bridgehead atoms. The van der Waals surface area contributed by atoms with Crippen LogP contribution in [0.4, 0.5) is 11.6 Å². The zero-order valence-corrected chi connectivity index (χ0v) is 19.0. The molecule has 0 spiro atoms. The van der Waals surface area contributed by atoms with E-state index in [0.717, 1.165) is 71.4 Å². The molecule has 7 nitrogen and oxygen atoms in total. The molecule has 2 aliphatic rings. The number of nitrogens with one attached hydrogen (secondary N) is 1. The molecule has 1 aliphatic carbocycles. The van der Waals surface area contributed by atoms with Crippen LogP contribution in [0.3, 0.4) is 0 Å². The molecule has 1 atom stereocenters. The van der Waals surface area contributed by atoms with Crippen LogP contribution in [0.5, 0.6) is 0 Å². The first-order chi connectivity index (χ1) is 15.5. The molecule has 0 unspecified atom stereocenters. The van der Waals surface area contributed by atoms with Gasteiger partial charge in [-0.2, -0.15) is 10.4 Å². The third kappa shape index (κ3) is 3.87. The van der Waals surface area contributed by atoms with Gasteiger partial charge in [0.05, 0.1) is 23.4 Å². The summed E-state index contributed by atoms with van der Waals surface area (Å²) in [5.41, 5.74) is 3.66. The topological polar surface area (TPSA) is 81.0 Å². The summed E-state index contributed by atoms with van der Waals surface area (Å²) in [7, 11) is 0. The van der Waals surface area contributed by atoms with E-state index in [-0.39, 0.29) is 6.04 Å². The highest BCUT2D eigenvalue weighted by Crippen LogP contribution is 2.31. The maximum atomic E-state index is 9.38. The van der Waals surface area contributed by atoms with Gasteiger partial charge in [0.1, 0.15) is 5.82 Å². The van der Waals surface area contributed by atoms with Gasteiger partial charge in [-0.1, -0.05) is 12.1 Å². The summed E-state index contributed by atoms with van der Waals surface area (Å²) >= 11 is 0. The standard InChI is InChI=1S/C25H29N7/c1-16-19(14-26)5-4-6-21(16)17(2)28-25-22-13-24(27-15-23(22)18(3)29-30-25)32-11-9-31(10-12-32)20-7-8-20/h4-6,13,15,17,20H,7-12H2,1-3H3,(H,28,30)/t17-/m1/s1. The van der Waals surface area contributed by atoms with Gasteiger partial charge in [0.2, 0.25) is 0 Å². The molecule has 1 aromatic carbocycles. The normalized spacial score (nSPS) is 17.9. The Bertz CT molecular complexity index is 1190. The van der Waals surface area contributed by atoms with Gasteiger partial charge in [-0.15, -0.1) is 5.10 Å². The van der Waals surface area contributed by atoms with E-state index in [2.05, 4.69) is 50.4 Å². The van der Waals surface area contributed by atoms with Crippen molar-refractivity contribution in [2.24, 2.45) is 0 Å². The van der Waals surface area contributed by atoms with E-state index >= 15 is 0 Å². The molecule has 0 radical (unpaired) electrons. The van der Waals surface area contributed by atoms with Gasteiger partial charge < -0.3 is 10.2 Å². The van der Waals surface area contributed by atoms with Crippen molar-refractivity contribution in [3.8, 4) is 6.07 Å². The highest BCUT2D eigenvalue weighted by Gasteiger charge is 2.31. The van der Waals surface area contributed by atoms with Gasteiger partial charge >= 0.3 is 0 Å². The molecule has 1 saturated heterocycles. The predicted octanol–water partition coefficient (Wildman–Crippen LogP) is 3.97. The number of rotatable bonds is 5. The Balaban J connectivity index is 1.43. The van der Waals surface area contributed by atoms with Crippen molar-refractivity contribution < 1.29 is 0 Å². The number of fused-ring (bicyclic) bond motifs is 1. The molecule has 7 heteroatoms. The minimum Gasteiger partial charge on any atom is -0.362 e. The first kappa shape index (κ1) is 20.7. The van der Waals surface area contributed by atoms with E-state index in [4.69, 9.17) is 4.98 Å². The average Bonchev–Trinajstić information content (AvgIpc) is 3.66. The minimum atomic E-state index is -0.0118. The lowest BCUT2D eigenvalue weighted by molar-refractivity contribution is 0.247.